The minimum Gasteiger partial charge on any atom is -0.389 e. The summed E-state index contributed by atoms with van der Waals surface area (Å²) >= 11 is 0. The molecule has 0 heterocycles. The van der Waals surface area contributed by atoms with E-state index in [1.165, 1.54) is 32.1 Å². The molecule has 1 N–H and O–H groups in total. The number of rotatable bonds is 4. The Labute approximate surface area is 94.3 Å². The van der Waals surface area contributed by atoms with Crippen molar-refractivity contribution in [1.29, 1.82) is 0 Å². The van der Waals surface area contributed by atoms with Crippen molar-refractivity contribution in [1.82, 2.24) is 0 Å². The number of hydrogen-bond donors (Lipinski definition) is 1. The number of unbranched alkanes of at least 4 members (excludes halogenated alkanes) is 1. The topological polar surface area (TPSA) is 20.2 Å². The van der Waals surface area contributed by atoms with Crippen LogP contribution in [0.1, 0.15) is 65.7 Å². The highest BCUT2D eigenvalue weighted by Crippen LogP contribution is 2.64. The first-order valence-corrected chi connectivity index (χ1v) is 6.81. The Morgan fingerprint density at radius 3 is 2.47 bits per heavy atom. The average molecular weight is 210 g/mol. The van der Waals surface area contributed by atoms with Crippen molar-refractivity contribution >= 4 is 0 Å². The zero-order valence-electron chi connectivity index (χ0n) is 10.6. The van der Waals surface area contributed by atoms with Crippen molar-refractivity contribution in [2.45, 2.75) is 71.3 Å². The molecule has 0 unspecified atom stereocenters. The van der Waals surface area contributed by atoms with E-state index in [1.807, 2.05) is 0 Å². The van der Waals surface area contributed by atoms with E-state index >= 15 is 0 Å². The van der Waals surface area contributed by atoms with E-state index in [2.05, 4.69) is 20.8 Å². The second kappa shape index (κ2) is 3.76. The van der Waals surface area contributed by atoms with Crippen LogP contribution in [0.2, 0.25) is 0 Å². The van der Waals surface area contributed by atoms with Gasteiger partial charge in [-0.05, 0) is 49.4 Å². The van der Waals surface area contributed by atoms with Crippen molar-refractivity contribution < 1.29 is 5.11 Å². The van der Waals surface area contributed by atoms with Crippen LogP contribution in [0, 0.1) is 17.3 Å². The summed E-state index contributed by atoms with van der Waals surface area (Å²) in [7, 11) is 0. The fraction of sp³-hybridized carbons (Fsp3) is 1.00. The summed E-state index contributed by atoms with van der Waals surface area (Å²) in [5, 5.41) is 11.0. The zero-order chi connectivity index (χ0) is 11.1. The highest BCUT2D eigenvalue weighted by atomic mass is 16.3. The molecule has 2 aliphatic rings. The van der Waals surface area contributed by atoms with Crippen LogP contribution < -0.4 is 0 Å². The molecule has 2 fully saturated rings. The lowest BCUT2D eigenvalue weighted by Crippen LogP contribution is -2.50. The molecular weight excluding hydrogens is 184 g/mol. The normalized spacial score (nSPS) is 48.8. The molecule has 4 atom stereocenters. The van der Waals surface area contributed by atoms with E-state index in [9.17, 15) is 5.11 Å². The lowest BCUT2D eigenvalue weighted by molar-refractivity contribution is -0.123. The predicted octanol–water partition coefficient (Wildman–Crippen LogP) is 3.75. The van der Waals surface area contributed by atoms with Crippen LogP contribution in [0.25, 0.3) is 0 Å². The van der Waals surface area contributed by atoms with Gasteiger partial charge in [0.15, 0.2) is 0 Å². The molecule has 0 aliphatic heterocycles. The molecule has 0 aromatic carbocycles. The first kappa shape index (κ1) is 11.4. The van der Waals surface area contributed by atoms with Gasteiger partial charge < -0.3 is 5.11 Å². The van der Waals surface area contributed by atoms with Gasteiger partial charge in [-0.1, -0.05) is 33.6 Å². The van der Waals surface area contributed by atoms with Crippen molar-refractivity contribution in [2.24, 2.45) is 17.3 Å². The molecule has 15 heavy (non-hydrogen) atoms. The molecule has 0 radical (unpaired) electrons. The molecule has 2 aliphatic carbocycles. The summed E-state index contributed by atoms with van der Waals surface area (Å²) in [5.41, 5.74) is -0.119. The molecule has 2 rings (SSSR count). The summed E-state index contributed by atoms with van der Waals surface area (Å²) in [5.74, 6) is 1.41. The third-order valence-electron chi connectivity index (χ3n) is 5.64. The van der Waals surface area contributed by atoms with E-state index in [1.54, 1.807) is 0 Å². The second-order valence-electron chi connectivity index (χ2n) is 6.01. The summed E-state index contributed by atoms with van der Waals surface area (Å²) < 4.78 is 0. The fourth-order valence-corrected chi connectivity index (χ4v) is 4.34. The minimum atomic E-state index is -0.333. The Hall–Kier alpha value is -0.0400. The minimum absolute atomic E-state index is 0.213. The predicted molar refractivity (Wildman–Crippen MR) is 63.7 cm³/mol. The van der Waals surface area contributed by atoms with Gasteiger partial charge >= 0.3 is 0 Å². The van der Waals surface area contributed by atoms with Gasteiger partial charge in [-0.3, -0.25) is 0 Å². The molecule has 88 valence electrons. The molecule has 1 nitrogen and oxygen atoms in total. The zero-order valence-corrected chi connectivity index (χ0v) is 10.6. The Morgan fingerprint density at radius 1 is 1.20 bits per heavy atom. The van der Waals surface area contributed by atoms with Crippen LogP contribution in [0.4, 0.5) is 0 Å². The Balaban J connectivity index is 2.20. The van der Waals surface area contributed by atoms with Crippen LogP contribution in [-0.2, 0) is 0 Å². The summed E-state index contributed by atoms with van der Waals surface area (Å²) in [4.78, 5) is 0. The van der Waals surface area contributed by atoms with Crippen molar-refractivity contribution in [2.75, 3.05) is 0 Å². The SMILES string of the molecule is CCCC[C@]1(O)[C@H]2CC[C@H](C2)[C@@]1(C)CC. The Kier molecular flexibility index (Phi) is 2.87. The first-order chi connectivity index (χ1) is 7.08. The van der Waals surface area contributed by atoms with Crippen LogP contribution >= 0.6 is 0 Å². The van der Waals surface area contributed by atoms with Crippen molar-refractivity contribution in [3.63, 3.8) is 0 Å². The third-order valence-corrected chi connectivity index (χ3v) is 5.64. The lowest BCUT2D eigenvalue weighted by Gasteiger charge is -2.48. The quantitative estimate of drug-likeness (QED) is 0.749. The number of aliphatic hydroxyl groups is 1. The average Bonchev–Trinajstić information content (AvgIpc) is 2.79. The molecule has 0 saturated heterocycles. The monoisotopic (exact) mass is 210 g/mol. The third kappa shape index (κ3) is 1.39. The largest absolute Gasteiger partial charge is 0.389 e. The van der Waals surface area contributed by atoms with Gasteiger partial charge in [0.05, 0.1) is 5.60 Å². The smallest absolute Gasteiger partial charge is 0.0731 e. The van der Waals surface area contributed by atoms with E-state index in [4.69, 9.17) is 0 Å². The van der Waals surface area contributed by atoms with Crippen LogP contribution in [0.5, 0.6) is 0 Å². The van der Waals surface area contributed by atoms with Gasteiger partial charge in [0.25, 0.3) is 0 Å². The van der Waals surface area contributed by atoms with Gasteiger partial charge in [-0.25, -0.2) is 0 Å². The van der Waals surface area contributed by atoms with E-state index < -0.39 is 0 Å². The molecule has 2 saturated carbocycles. The molecule has 0 spiro atoms. The van der Waals surface area contributed by atoms with Crippen LogP contribution in [0.15, 0.2) is 0 Å². The highest BCUT2D eigenvalue weighted by molar-refractivity contribution is 5.12. The van der Waals surface area contributed by atoms with E-state index in [-0.39, 0.29) is 11.0 Å². The Morgan fingerprint density at radius 2 is 1.87 bits per heavy atom. The Bertz CT molecular complexity index is 237. The molecule has 0 aromatic heterocycles. The summed E-state index contributed by atoms with van der Waals surface area (Å²) in [6.07, 6.45) is 8.52. The van der Waals surface area contributed by atoms with Crippen LogP contribution in [0.3, 0.4) is 0 Å². The summed E-state index contributed by atoms with van der Waals surface area (Å²) in [6, 6.07) is 0. The molecular formula is C14H26O. The van der Waals surface area contributed by atoms with Crippen LogP contribution in [-0.4, -0.2) is 10.7 Å². The lowest BCUT2D eigenvalue weighted by atomic mass is 9.61. The number of fused-ring (bicyclic) bond motifs is 2. The maximum Gasteiger partial charge on any atom is 0.0731 e. The van der Waals surface area contributed by atoms with Gasteiger partial charge in [0.2, 0.25) is 0 Å². The van der Waals surface area contributed by atoms with Gasteiger partial charge in [-0.15, -0.1) is 0 Å². The highest BCUT2D eigenvalue weighted by Gasteiger charge is 2.62. The molecule has 0 amide bonds. The van der Waals surface area contributed by atoms with Crippen molar-refractivity contribution in [3.8, 4) is 0 Å². The van der Waals surface area contributed by atoms with Crippen molar-refractivity contribution in [3.05, 3.63) is 0 Å². The molecule has 1 heteroatoms. The van der Waals surface area contributed by atoms with Gasteiger partial charge in [0.1, 0.15) is 0 Å². The second-order valence-corrected chi connectivity index (χ2v) is 6.01. The summed E-state index contributed by atoms with van der Waals surface area (Å²) in [6.45, 7) is 6.82. The van der Waals surface area contributed by atoms with E-state index in [0.717, 1.165) is 18.8 Å². The fourth-order valence-electron chi connectivity index (χ4n) is 4.34. The van der Waals surface area contributed by atoms with Gasteiger partial charge in [-0.2, -0.15) is 0 Å². The first-order valence-electron chi connectivity index (χ1n) is 6.81. The standard InChI is InChI=1S/C14H26O/c1-4-6-9-14(15)12-8-7-11(10-12)13(14,3)5-2/h11-12,15H,4-10H2,1-3H3/t11-,12+,13-,14+/m1/s1. The molecule has 0 aromatic rings. The van der Waals surface area contributed by atoms with E-state index in [0.29, 0.717) is 5.92 Å². The number of hydrogen-bond acceptors (Lipinski definition) is 1. The maximum atomic E-state index is 11.0. The van der Waals surface area contributed by atoms with Gasteiger partial charge in [0, 0.05) is 0 Å². The molecule has 2 bridgehead atoms. The maximum absolute atomic E-state index is 11.0.